The average Bonchev–Trinajstić information content (AvgIpc) is 3.95. The van der Waals surface area contributed by atoms with Gasteiger partial charge in [0.25, 0.3) is 0 Å². The van der Waals surface area contributed by atoms with Crippen LogP contribution in [0.15, 0.2) is 253 Å². The van der Waals surface area contributed by atoms with Crippen molar-refractivity contribution in [2.45, 2.75) is 0 Å². The Morgan fingerprint density at radius 1 is 0.347 bits per heavy atom. The van der Waals surface area contributed by atoms with Crippen molar-refractivity contribution >= 4 is 116 Å². The Kier molecular flexibility index (Phi) is 11.4. The second kappa shape index (κ2) is 18.5. The summed E-state index contributed by atoms with van der Waals surface area (Å²) in [7, 11) is -1.46. The minimum absolute atomic E-state index is 0.00225. The van der Waals surface area contributed by atoms with Gasteiger partial charge in [-0.25, -0.2) is 0 Å². The minimum Gasteiger partial charge on any atom is -0.456 e. The lowest BCUT2D eigenvalue weighted by molar-refractivity contribution is 0.425. The molecular formula is C62H40BBrN2O6. The highest BCUT2D eigenvalue weighted by Crippen LogP contribution is 2.35. The number of rotatable bonds is 4. The van der Waals surface area contributed by atoms with Gasteiger partial charge in [0.05, 0.1) is 43.6 Å². The SMILES string of the molecule is O=c1c2ccccc2oc2cc(-c3cccc(-n4c5ccccc5c5ccccc54)c3)ccc12.O=c1c2ccccc2oc2cc(Br)ccc12.OB(O)c1cccc(-n2c3ccccc3c3ccccc32)c1. The van der Waals surface area contributed by atoms with E-state index in [0.717, 1.165) is 38.0 Å². The van der Waals surface area contributed by atoms with E-state index in [0.29, 0.717) is 49.3 Å². The summed E-state index contributed by atoms with van der Waals surface area (Å²) in [6.45, 7) is 0. The maximum absolute atomic E-state index is 12.9. The van der Waals surface area contributed by atoms with Crippen LogP contribution >= 0.6 is 15.9 Å². The predicted octanol–water partition coefficient (Wildman–Crippen LogP) is 13.9. The smallest absolute Gasteiger partial charge is 0.456 e. The van der Waals surface area contributed by atoms with E-state index in [1.807, 2.05) is 109 Å². The summed E-state index contributed by atoms with van der Waals surface area (Å²) in [4.78, 5) is 25.1. The molecule has 0 aliphatic carbocycles. The Bertz CT molecular complexity index is 4430. The zero-order valence-corrected chi connectivity index (χ0v) is 39.9. The van der Waals surface area contributed by atoms with Gasteiger partial charge in [-0.2, -0.15) is 0 Å². The van der Waals surface area contributed by atoms with Crippen LogP contribution in [0.4, 0.5) is 0 Å². The van der Waals surface area contributed by atoms with Crippen molar-refractivity contribution in [3.8, 4) is 22.5 Å². The molecule has 0 amide bonds. The van der Waals surface area contributed by atoms with Gasteiger partial charge in [0.2, 0.25) is 10.9 Å². The number of para-hydroxylation sites is 6. The maximum atomic E-state index is 12.9. The molecule has 0 radical (unpaired) electrons. The third-order valence-corrected chi connectivity index (χ3v) is 13.6. The molecule has 0 aliphatic heterocycles. The zero-order chi connectivity index (χ0) is 48.9. The standard InChI is InChI=1S/C31H19NO2.C18H14BNO2.C13H7BrO2/c33-31-25-12-3-6-15-29(25)34-30-19-21(16-17-26(30)31)20-8-7-9-22(18-20)32-27-13-4-1-10-23(27)24-11-2-5-14-28(24)32;21-19(22)13-6-5-7-14(12-13)20-17-10-3-1-8-15(17)16-9-2-4-11-18(16)20;14-8-5-6-10-12(7-8)16-11-4-2-1-3-9(11)13(10)15/h1-19H;1-12,21-22H;1-7H. The van der Waals surface area contributed by atoms with Crippen molar-refractivity contribution in [2.75, 3.05) is 0 Å². The fourth-order valence-electron chi connectivity index (χ4n) is 9.81. The Labute approximate surface area is 419 Å². The number of aromatic nitrogens is 2. The predicted molar refractivity (Wildman–Crippen MR) is 298 cm³/mol. The largest absolute Gasteiger partial charge is 0.488 e. The maximum Gasteiger partial charge on any atom is 0.488 e. The van der Waals surface area contributed by atoms with Crippen molar-refractivity contribution in [1.29, 1.82) is 0 Å². The van der Waals surface area contributed by atoms with Crippen LogP contribution in [0.25, 0.3) is 110 Å². The Morgan fingerprint density at radius 2 is 0.736 bits per heavy atom. The number of hydrogen-bond acceptors (Lipinski definition) is 6. The summed E-state index contributed by atoms with van der Waals surface area (Å²) >= 11 is 3.36. The molecule has 0 aliphatic rings. The fraction of sp³-hybridized carbons (Fsp3) is 0. The normalized spacial score (nSPS) is 11.4. The molecule has 2 N–H and O–H groups in total. The van der Waals surface area contributed by atoms with Crippen molar-refractivity contribution in [3.05, 3.63) is 255 Å². The summed E-state index contributed by atoms with van der Waals surface area (Å²) in [6, 6.07) is 75.3. The molecule has 4 heterocycles. The Hall–Kier alpha value is -8.80. The Balaban J connectivity index is 0.000000120. The molecule has 4 aromatic heterocycles. The van der Waals surface area contributed by atoms with E-state index < -0.39 is 7.12 Å². The molecule has 0 spiro atoms. The highest BCUT2D eigenvalue weighted by atomic mass is 79.9. The summed E-state index contributed by atoms with van der Waals surface area (Å²) in [5, 5.41) is 26.1. The summed E-state index contributed by atoms with van der Waals surface area (Å²) in [5.74, 6) is 0. The van der Waals surface area contributed by atoms with Crippen molar-refractivity contribution in [3.63, 3.8) is 0 Å². The third kappa shape index (κ3) is 7.94. The van der Waals surface area contributed by atoms with Gasteiger partial charge >= 0.3 is 7.12 Å². The minimum atomic E-state index is -1.46. The lowest BCUT2D eigenvalue weighted by Crippen LogP contribution is -2.29. The molecule has 0 bridgehead atoms. The quantitative estimate of drug-likeness (QED) is 0.134. The van der Waals surface area contributed by atoms with Crippen LogP contribution in [0.5, 0.6) is 0 Å². The van der Waals surface area contributed by atoms with Gasteiger partial charge in [-0.1, -0.05) is 143 Å². The first-order chi connectivity index (χ1) is 35.3. The summed E-state index contributed by atoms with van der Waals surface area (Å²) in [6.07, 6.45) is 0. The first kappa shape index (κ1) is 44.4. The molecule has 14 aromatic rings. The van der Waals surface area contributed by atoms with Gasteiger partial charge in [0, 0.05) is 37.4 Å². The number of benzene rings is 10. The highest BCUT2D eigenvalue weighted by molar-refractivity contribution is 9.10. The second-order valence-corrected chi connectivity index (χ2v) is 18.4. The fourth-order valence-corrected chi connectivity index (χ4v) is 10.1. The molecule has 0 saturated heterocycles. The van der Waals surface area contributed by atoms with Gasteiger partial charge in [0.1, 0.15) is 22.3 Å². The number of nitrogens with zero attached hydrogens (tertiary/aromatic N) is 2. The second-order valence-electron chi connectivity index (χ2n) is 17.5. The molecule has 0 saturated carbocycles. The summed E-state index contributed by atoms with van der Waals surface area (Å²) < 4.78 is 17.1. The van der Waals surface area contributed by atoms with E-state index in [9.17, 15) is 19.6 Å². The summed E-state index contributed by atoms with van der Waals surface area (Å²) in [5.41, 5.74) is 11.6. The van der Waals surface area contributed by atoms with E-state index in [1.54, 1.807) is 24.3 Å². The lowest BCUT2D eigenvalue weighted by atomic mass is 9.80. The van der Waals surface area contributed by atoms with Crippen molar-refractivity contribution in [2.24, 2.45) is 0 Å². The molecule has 14 rings (SSSR count). The number of halogens is 1. The van der Waals surface area contributed by atoms with E-state index in [1.165, 1.54) is 32.6 Å². The number of hydrogen-bond donors (Lipinski definition) is 2. The van der Waals surface area contributed by atoms with Gasteiger partial charge in [-0.3, -0.25) is 9.59 Å². The van der Waals surface area contributed by atoms with Crippen LogP contribution in [0.1, 0.15) is 0 Å². The van der Waals surface area contributed by atoms with E-state index in [2.05, 4.69) is 122 Å². The van der Waals surface area contributed by atoms with Crippen LogP contribution in [-0.2, 0) is 0 Å². The molecular weight excluding hydrogens is 959 g/mol. The monoisotopic (exact) mass is 998 g/mol. The van der Waals surface area contributed by atoms with E-state index in [4.69, 9.17) is 8.83 Å². The van der Waals surface area contributed by atoms with Crippen LogP contribution in [-0.4, -0.2) is 26.3 Å². The molecule has 0 atom stereocenters. The first-order valence-electron chi connectivity index (χ1n) is 23.4. The zero-order valence-electron chi connectivity index (χ0n) is 38.3. The molecule has 0 fully saturated rings. The molecule has 0 unspecified atom stereocenters. The topological polar surface area (TPSA) is 111 Å². The van der Waals surface area contributed by atoms with E-state index >= 15 is 0 Å². The van der Waals surface area contributed by atoms with Crippen LogP contribution in [0.3, 0.4) is 0 Å². The van der Waals surface area contributed by atoms with Crippen LogP contribution in [0, 0.1) is 0 Å². The van der Waals surface area contributed by atoms with Gasteiger partial charge in [-0.05, 0) is 120 Å². The van der Waals surface area contributed by atoms with Gasteiger partial charge in [-0.15, -0.1) is 0 Å². The number of fused-ring (bicyclic) bond motifs is 10. The first-order valence-corrected chi connectivity index (χ1v) is 24.2. The van der Waals surface area contributed by atoms with Crippen molar-refractivity contribution < 1.29 is 18.9 Å². The molecule has 344 valence electrons. The van der Waals surface area contributed by atoms with Crippen molar-refractivity contribution in [1.82, 2.24) is 9.13 Å². The molecule has 10 aromatic carbocycles. The third-order valence-electron chi connectivity index (χ3n) is 13.1. The average molecular weight is 1000 g/mol. The Morgan fingerprint density at radius 3 is 1.24 bits per heavy atom. The van der Waals surface area contributed by atoms with Crippen LogP contribution < -0.4 is 16.3 Å². The molecule has 10 heteroatoms. The molecule has 8 nitrogen and oxygen atoms in total. The highest BCUT2D eigenvalue weighted by Gasteiger charge is 2.16. The molecule has 72 heavy (non-hydrogen) atoms. The lowest BCUT2D eigenvalue weighted by Gasteiger charge is -2.11. The van der Waals surface area contributed by atoms with E-state index in [-0.39, 0.29) is 10.9 Å². The van der Waals surface area contributed by atoms with Gasteiger partial charge < -0.3 is 28.0 Å². The van der Waals surface area contributed by atoms with Gasteiger partial charge in [0.15, 0.2) is 0 Å². The van der Waals surface area contributed by atoms with Crippen LogP contribution in [0.2, 0.25) is 0 Å².